The minimum atomic E-state index is -0.903. The highest BCUT2D eigenvalue weighted by molar-refractivity contribution is 6.03. The molecule has 0 aliphatic carbocycles. The van der Waals surface area contributed by atoms with Crippen molar-refractivity contribution in [1.82, 2.24) is 20.2 Å². The third kappa shape index (κ3) is 4.87. The standard InChI is InChI=1S/C34H36F3N5O3/c1-2-24-28(36)7-4-19-10-23(43)11-27(29(19)24)25-5-6-26-31(30(25)37)39-33(45-18-34-8-3-9-42(34)13-20(35)12-34)40-32(26)41-14-21-16-44-17-22(15-41)38-21/h4-7,10-11,20-22,38,43H,2-3,8-9,12-18H2,1H3/t20-,21-,22+,34+/m1/s1. The number of phenolic OH excluding ortho intramolecular Hbond substituents is 1. The molecule has 1 aromatic heterocycles. The van der Waals surface area contributed by atoms with Gasteiger partial charge in [-0.3, -0.25) is 4.90 Å². The van der Waals surface area contributed by atoms with Crippen LogP contribution < -0.4 is 15.0 Å². The lowest BCUT2D eigenvalue weighted by Gasteiger charge is -2.43. The zero-order chi connectivity index (χ0) is 30.9. The van der Waals surface area contributed by atoms with Gasteiger partial charge in [-0.1, -0.05) is 19.1 Å². The number of aryl methyl sites for hydroxylation is 1. The lowest BCUT2D eigenvalue weighted by molar-refractivity contribution is 0.0374. The third-order valence-corrected chi connectivity index (χ3v) is 10.1. The highest BCUT2D eigenvalue weighted by atomic mass is 19.1. The average Bonchev–Trinajstić information content (AvgIpc) is 3.55. The van der Waals surface area contributed by atoms with Gasteiger partial charge in [0, 0.05) is 49.1 Å². The number of aromatic hydroxyl groups is 1. The molecule has 3 aromatic carbocycles. The van der Waals surface area contributed by atoms with Gasteiger partial charge in [0.1, 0.15) is 35.7 Å². The van der Waals surface area contributed by atoms with E-state index < -0.39 is 17.5 Å². The number of hydrogen-bond donors (Lipinski definition) is 2. The van der Waals surface area contributed by atoms with Gasteiger partial charge in [0.05, 0.1) is 18.8 Å². The van der Waals surface area contributed by atoms with Crippen molar-refractivity contribution in [1.29, 1.82) is 0 Å². The lowest BCUT2D eigenvalue weighted by Crippen LogP contribution is -2.63. The molecule has 45 heavy (non-hydrogen) atoms. The molecule has 0 saturated carbocycles. The van der Waals surface area contributed by atoms with Crippen LogP contribution in [0.15, 0.2) is 36.4 Å². The van der Waals surface area contributed by atoms with Crippen LogP contribution in [0.4, 0.5) is 19.0 Å². The van der Waals surface area contributed by atoms with Gasteiger partial charge in [0.2, 0.25) is 0 Å². The summed E-state index contributed by atoms with van der Waals surface area (Å²) in [7, 11) is 0. The number of alkyl halides is 1. The van der Waals surface area contributed by atoms with E-state index in [1.54, 1.807) is 24.3 Å². The minimum absolute atomic E-state index is 0.0399. The topological polar surface area (TPSA) is 83.0 Å². The molecule has 8 nitrogen and oxygen atoms in total. The summed E-state index contributed by atoms with van der Waals surface area (Å²) in [5.41, 5.74) is 0.697. The van der Waals surface area contributed by atoms with Crippen LogP contribution >= 0.6 is 0 Å². The van der Waals surface area contributed by atoms with Crippen molar-refractivity contribution in [3.8, 4) is 22.9 Å². The molecule has 4 fully saturated rings. The van der Waals surface area contributed by atoms with Crippen LogP contribution in [0.1, 0.15) is 31.7 Å². The molecule has 0 radical (unpaired) electrons. The Morgan fingerprint density at radius 2 is 1.89 bits per heavy atom. The first-order chi connectivity index (χ1) is 21.8. The van der Waals surface area contributed by atoms with Crippen molar-refractivity contribution in [2.75, 3.05) is 50.9 Å². The summed E-state index contributed by atoms with van der Waals surface area (Å²) in [5.74, 6) is -0.469. The second-order valence-electron chi connectivity index (χ2n) is 13.0. The summed E-state index contributed by atoms with van der Waals surface area (Å²) in [6.07, 6.45) is 1.69. The Bertz CT molecular complexity index is 1800. The molecule has 0 unspecified atom stereocenters. The van der Waals surface area contributed by atoms with Crippen molar-refractivity contribution in [3.63, 3.8) is 0 Å². The van der Waals surface area contributed by atoms with Crippen molar-refractivity contribution in [2.24, 2.45) is 0 Å². The van der Waals surface area contributed by atoms with Crippen LogP contribution in [0.3, 0.4) is 0 Å². The van der Waals surface area contributed by atoms with E-state index in [1.807, 2.05) is 6.92 Å². The zero-order valence-electron chi connectivity index (χ0n) is 25.2. The maximum absolute atomic E-state index is 16.9. The molecule has 11 heteroatoms. The van der Waals surface area contributed by atoms with Gasteiger partial charge in [-0.05, 0) is 72.0 Å². The van der Waals surface area contributed by atoms with Crippen LogP contribution in [-0.2, 0) is 11.2 Å². The normalized spacial score (nSPS) is 26.6. The Balaban J connectivity index is 1.27. The first-order valence-electron chi connectivity index (χ1n) is 15.9. The second-order valence-corrected chi connectivity index (χ2v) is 13.0. The molecule has 2 bridgehead atoms. The average molecular weight is 620 g/mol. The number of nitrogens with one attached hydrogen (secondary N) is 1. The maximum atomic E-state index is 16.9. The van der Waals surface area contributed by atoms with Crippen molar-refractivity contribution in [3.05, 3.63) is 53.6 Å². The number of piperazine rings is 1. The Labute approximate surface area is 259 Å². The fourth-order valence-electron chi connectivity index (χ4n) is 8.12. The van der Waals surface area contributed by atoms with Crippen molar-refractivity contribution in [2.45, 2.75) is 56.4 Å². The molecule has 2 N–H and O–H groups in total. The summed E-state index contributed by atoms with van der Waals surface area (Å²) in [6, 6.07) is 9.70. The van der Waals surface area contributed by atoms with Gasteiger partial charge >= 0.3 is 6.01 Å². The molecule has 4 aliphatic rings. The quantitative estimate of drug-likeness (QED) is 0.308. The number of phenols is 1. The molecular formula is C34H36F3N5O3. The Morgan fingerprint density at radius 1 is 1.07 bits per heavy atom. The summed E-state index contributed by atoms with van der Waals surface area (Å²) in [5, 5.41) is 15.9. The number of benzene rings is 3. The first-order valence-corrected chi connectivity index (χ1v) is 15.9. The molecule has 0 amide bonds. The molecule has 4 atom stereocenters. The fourth-order valence-corrected chi connectivity index (χ4v) is 8.12. The molecule has 4 aromatic rings. The predicted octanol–water partition coefficient (Wildman–Crippen LogP) is 5.13. The van der Waals surface area contributed by atoms with Crippen LogP contribution in [0.5, 0.6) is 11.8 Å². The van der Waals surface area contributed by atoms with Gasteiger partial charge in [-0.15, -0.1) is 0 Å². The van der Waals surface area contributed by atoms with Crippen LogP contribution in [0.25, 0.3) is 32.8 Å². The number of morpholine rings is 1. The summed E-state index contributed by atoms with van der Waals surface area (Å²) >= 11 is 0. The third-order valence-electron chi connectivity index (χ3n) is 10.1. The highest BCUT2D eigenvalue weighted by Crippen LogP contribution is 2.42. The van der Waals surface area contributed by atoms with Gasteiger partial charge in [0.15, 0.2) is 5.82 Å². The minimum Gasteiger partial charge on any atom is -0.508 e. The van der Waals surface area contributed by atoms with Crippen molar-refractivity contribution < 1.29 is 27.8 Å². The van der Waals surface area contributed by atoms with E-state index in [0.29, 0.717) is 78.8 Å². The van der Waals surface area contributed by atoms with E-state index in [4.69, 9.17) is 14.5 Å². The number of fused-ring (bicyclic) bond motifs is 5. The molecule has 236 valence electrons. The number of anilines is 1. The number of ether oxygens (including phenoxy) is 2. The summed E-state index contributed by atoms with van der Waals surface area (Å²) in [4.78, 5) is 13.8. The first kappa shape index (κ1) is 28.8. The maximum Gasteiger partial charge on any atom is 0.319 e. The molecule has 8 rings (SSSR count). The summed E-state index contributed by atoms with van der Waals surface area (Å²) in [6.45, 7) is 5.67. The van der Waals surface area contributed by atoms with E-state index >= 15 is 4.39 Å². The van der Waals surface area contributed by atoms with Gasteiger partial charge in [-0.25, -0.2) is 13.2 Å². The predicted molar refractivity (Wildman–Crippen MR) is 166 cm³/mol. The Morgan fingerprint density at radius 3 is 2.69 bits per heavy atom. The van der Waals surface area contributed by atoms with Gasteiger partial charge in [0.25, 0.3) is 0 Å². The van der Waals surface area contributed by atoms with Crippen LogP contribution in [0, 0.1) is 11.6 Å². The highest BCUT2D eigenvalue weighted by Gasteiger charge is 2.49. The Kier molecular flexibility index (Phi) is 7.03. The van der Waals surface area contributed by atoms with E-state index in [0.717, 1.165) is 19.4 Å². The van der Waals surface area contributed by atoms with E-state index in [1.165, 1.54) is 12.1 Å². The lowest BCUT2D eigenvalue weighted by atomic mass is 9.92. The molecule has 0 spiro atoms. The largest absolute Gasteiger partial charge is 0.508 e. The summed E-state index contributed by atoms with van der Waals surface area (Å²) < 4.78 is 58.3. The molecule has 5 heterocycles. The van der Waals surface area contributed by atoms with Crippen LogP contribution in [0.2, 0.25) is 0 Å². The Hall–Kier alpha value is -3.67. The van der Waals surface area contributed by atoms with E-state index in [9.17, 15) is 13.9 Å². The number of aromatic nitrogens is 2. The molecule has 4 saturated heterocycles. The van der Waals surface area contributed by atoms with E-state index in [-0.39, 0.29) is 47.3 Å². The molecular weight excluding hydrogens is 583 g/mol. The number of rotatable bonds is 6. The van der Waals surface area contributed by atoms with Crippen molar-refractivity contribution >= 4 is 27.5 Å². The second kappa shape index (κ2) is 11.0. The smallest absolute Gasteiger partial charge is 0.319 e. The number of halogens is 3. The van der Waals surface area contributed by atoms with Gasteiger partial charge in [-0.2, -0.15) is 9.97 Å². The number of hydrogen-bond acceptors (Lipinski definition) is 8. The monoisotopic (exact) mass is 619 g/mol. The fraction of sp³-hybridized carbons (Fsp3) is 0.471. The van der Waals surface area contributed by atoms with Gasteiger partial charge < -0.3 is 24.8 Å². The number of nitrogens with zero attached hydrogens (tertiary/aromatic N) is 4. The molecule has 4 aliphatic heterocycles. The van der Waals surface area contributed by atoms with E-state index in [2.05, 4.69) is 20.1 Å². The van der Waals surface area contributed by atoms with Crippen LogP contribution in [-0.4, -0.2) is 89.8 Å². The zero-order valence-corrected chi connectivity index (χ0v) is 25.2. The SMILES string of the molecule is CCc1c(F)ccc2cc(O)cc(-c3ccc4c(N5C[C@H]6COC[C@@H](C5)N6)nc(OC[C@@]56CCCN5C[C@H](F)C6)nc4c3F)c12.